The molecular formula is C20H22F6N4O6S. The third kappa shape index (κ3) is 9.73. The normalized spacial score (nSPS) is 18.9. The summed E-state index contributed by atoms with van der Waals surface area (Å²) in [4.78, 5) is 34.1. The average Bonchev–Trinajstić information content (AvgIpc) is 3.17. The van der Waals surface area contributed by atoms with Gasteiger partial charge < -0.3 is 19.7 Å². The summed E-state index contributed by atoms with van der Waals surface area (Å²) in [6.07, 6.45) is -3.19. The number of hydrogen-bond donors (Lipinski definition) is 2. The number of nitrogens with zero attached hydrogens (tertiary/aromatic N) is 4. The molecule has 0 saturated carbocycles. The van der Waals surface area contributed by atoms with Gasteiger partial charge in [0.15, 0.2) is 0 Å². The van der Waals surface area contributed by atoms with Gasteiger partial charge in [-0.3, -0.25) is 9.88 Å². The predicted molar refractivity (Wildman–Crippen MR) is 114 cm³/mol. The van der Waals surface area contributed by atoms with Crippen molar-refractivity contribution in [2.45, 2.75) is 50.4 Å². The molecule has 1 unspecified atom stereocenters. The molecular weight excluding hydrogens is 538 g/mol. The fourth-order valence-corrected chi connectivity index (χ4v) is 4.20. The number of carbonyl (C=O) groups is 2. The number of halogens is 6. The van der Waals surface area contributed by atoms with Crippen LogP contribution in [0.3, 0.4) is 0 Å². The Bertz CT molecular complexity index is 1010. The fourth-order valence-electron chi connectivity index (χ4n) is 3.38. The molecule has 17 heteroatoms. The summed E-state index contributed by atoms with van der Waals surface area (Å²) in [7, 11) is 0. The molecule has 0 aromatic carbocycles. The van der Waals surface area contributed by atoms with Crippen LogP contribution < -0.4 is 4.74 Å². The Balaban J connectivity index is 0.000000286. The first-order valence-corrected chi connectivity index (χ1v) is 11.3. The van der Waals surface area contributed by atoms with E-state index >= 15 is 0 Å². The predicted octanol–water partition coefficient (Wildman–Crippen LogP) is 3.32. The van der Waals surface area contributed by atoms with Crippen molar-refractivity contribution in [3.63, 3.8) is 0 Å². The largest absolute Gasteiger partial charge is 0.490 e. The van der Waals surface area contributed by atoms with Crippen LogP contribution in [0.1, 0.15) is 23.4 Å². The van der Waals surface area contributed by atoms with Gasteiger partial charge in [0.05, 0.1) is 29.6 Å². The van der Waals surface area contributed by atoms with Gasteiger partial charge in [-0.25, -0.2) is 19.6 Å². The van der Waals surface area contributed by atoms with E-state index in [4.69, 9.17) is 29.3 Å². The van der Waals surface area contributed by atoms with E-state index in [1.54, 1.807) is 29.9 Å². The van der Waals surface area contributed by atoms with E-state index < -0.39 is 24.3 Å². The number of aryl methyl sites for hydroxylation is 1. The monoisotopic (exact) mass is 560 g/mol. The van der Waals surface area contributed by atoms with Crippen LogP contribution in [-0.4, -0.2) is 85.8 Å². The van der Waals surface area contributed by atoms with Crippen LogP contribution in [0, 0.1) is 6.92 Å². The zero-order valence-corrected chi connectivity index (χ0v) is 19.9. The molecule has 2 aliphatic rings. The number of rotatable bonds is 4. The first-order chi connectivity index (χ1) is 17.1. The molecule has 2 aromatic heterocycles. The van der Waals surface area contributed by atoms with E-state index in [1.807, 2.05) is 5.51 Å². The lowest BCUT2D eigenvalue weighted by Crippen LogP contribution is -2.65. The molecule has 0 radical (unpaired) electrons. The Kier molecular flexibility index (Phi) is 10.2. The van der Waals surface area contributed by atoms with E-state index in [2.05, 4.69) is 26.8 Å². The molecule has 2 N–H and O–H groups in total. The van der Waals surface area contributed by atoms with Crippen LogP contribution in [0.4, 0.5) is 26.3 Å². The van der Waals surface area contributed by atoms with Crippen molar-refractivity contribution in [1.29, 1.82) is 0 Å². The minimum absolute atomic E-state index is 0.0519. The molecule has 0 aliphatic carbocycles. The number of carboxylic acid groups (broad SMARTS) is 2. The summed E-state index contributed by atoms with van der Waals surface area (Å²) >= 11 is 1.73. The first-order valence-electron chi connectivity index (χ1n) is 10.4. The molecule has 4 heterocycles. The Morgan fingerprint density at radius 2 is 1.73 bits per heavy atom. The molecule has 1 atom stereocenters. The lowest BCUT2D eigenvalue weighted by molar-refractivity contribution is -0.193. The van der Waals surface area contributed by atoms with Crippen molar-refractivity contribution in [2.75, 3.05) is 19.7 Å². The minimum atomic E-state index is -5.08. The van der Waals surface area contributed by atoms with E-state index in [-0.39, 0.29) is 11.7 Å². The number of aromatic nitrogens is 3. The molecule has 2 aromatic rings. The second kappa shape index (κ2) is 12.5. The number of likely N-dealkylation sites (tertiary alicyclic amines) is 1. The quantitative estimate of drug-likeness (QED) is 0.536. The van der Waals surface area contributed by atoms with Gasteiger partial charge in [-0.2, -0.15) is 26.3 Å². The number of thiazole rings is 1. The van der Waals surface area contributed by atoms with Crippen molar-refractivity contribution >= 4 is 23.3 Å². The summed E-state index contributed by atoms with van der Waals surface area (Å²) in [5.74, 6) is -4.91. The topological polar surface area (TPSA) is 135 Å². The van der Waals surface area contributed by atoms with Gasteiger partial charge in [-0.05, 0) is 6.92 Å². The standard InChI is InChI=1S/C16H20N4O2S.2C2HF3O2/c1-12-14(23-11-19-12)8-20-9-16(10-20)6-13(2-5-21-16)22-15-7-17-3-4-18-15;2*3-2(4,5)1(6)7/h3-4,7,11,13H,2,5-6,8-10H2,1H3;2*(H,6,7). The van der Waals surface area contributed by atoms with Crippen molar-refractivity contribution in [3.8, 4) is 5.88 Å². The highest BCUT2D eigenvalue weighted by atomic mass is 32.1. The third-order valence-corrected chi connectivity index (χ3v) is 5.92. The number of alkyl halides is 6. The van der Waals surface area contributed by atoms with Crippen molar-refractivity contribution in [2.24, 2.45) is 0 Å². The van der Waals surface area contributed by atoms with Crippen molar-refractivity contribution < 1.29 is 55.6 Å². The molecule has 2 aliphatic heterocycles. The summed E-state index contributed by atoms with van der Waals surface area (Å²) in [6, 6.07) is 0. The molecule has 0 amide bonds. The van der Waals surface area contributed by atoms with Gasteiger partial charge in [-0.1, -0.05) is 0 Å². The van der Waals surface area contributed by atoms with Gasteiger partial charge >= 0.3 is 24.3 Å². The van der Waals surface area contributed by atoms with Gasteiger partial charge in [0.1, 0.15) is 6.10 Å². The highest BCUT2D eigenvalue weighted by molar-refractivity contribution is 7.09. The number of carboxylic acids is 2. The SMILES string of the molecule is Cc1ncsc1CN1CC2(CC(Oc3cnccn3)CCO2)C1.O=C(O)C(F)(F)F.O=C(O)C(F)(F)F. The lowest BCUT2D eigenvalue weighted by atomic mass is 9.84. The second-order valence-corrected chi connectivity index (χ2v) is 8.86. The van der Waals surface area contributed by atoms with Crippen LogP contribution >= 0.6 is 11.3 Å². The Morgan fingerprint density at radius 1 is 1.14 bits per heavy atom. The van der Waals surface area contributed by atoms with Crippen LogP contribution in [0.5, 0.6) is 5.88 Å². The second-order valence-electron chi connectivity index (χ2n) is 7.92. The van der Waals surface area contributed by atoms with E-state index in [0.717, 1.165) is 44.8 Å². The zero-order valence-electron chi connectivity index (χ0n) is 19.1. The van der Waals surface area contributed by atoms with Gasteiger partial charge in [-0.15, -0.1) is 11.3 Å². The highest BCUT2D eigenvalue weighted by Gasteiger charge is 2.48. The van der Waals surface area contributed by atoms with Gasteiger partial charge in [0, 0.05) is 49.7 Å². The zero-order chi connectivity index (χ0) is 27.9. The number of aliphatic carboxylic acids is 2. The van der Waals surface area contributed by atoms with E-state index in [0.29, 0.717) is 5.88 Å². The maximum atomic E-state index is 10.6. The molecule has 206 valence electrons. The summed E-state index contributed by atoms with van der Waals surface area (Å²) in [5, 5.41) is 14.2. The average molecular weight is 560 g/mol. The van der Waals surface area contributed by atoms with Crippen molar-refractivity contribution in [3.05, 3.63) is 34.7 Å². The molecule has 37 heavy (non-hydrogen) atoms. The molecule has 4 rings (SSSR count). The third-order valence-electron chi connectivity index (χ3n) is 5.00. The lowest BCUT2D eigenvalue weighted by Gasteiger charge is -2.53. The Morgan fingerprint density at radius 3 is 2.19 bits per heavy atom. The molecule has 2 fully saturated rings. The highest BCUT2D eigenvalue weighted by Crippen LogP contribution is 2.36. The van der Waals surface area contributed by atoms with E-state index in [1.165, 1.54) is 4.88 Å². The minimum Gasteiger partial charge on any atom is -0.475 e. The molecule has 1 spiro atoms. The first kappa shape index (κ1) is 30.2. The molecule has 10 nitrogen and oxygen atoms in total. The smallest absolute Gasteiger partial charge is 0.475 e. The summed E-state index contributed by atoms with van der Waals surface area (Å²) < 4.78 is 75.5. The van der Waals surface area contributed by atoms with Crippen LogP contribution in [0.25, 0.3) is 0 Å². The number of ether oxygens (including phenoxy) is 2. The maximum absolute atomic E-state index is 10.6. The molecule has 0 bridgehead atoms. The fraction of sp³-hybridized carbons (Fsp3) is 0.550. The summed E-state index contributed by atoms with van der Waals surface area (Å²) in [6.45, 7) is 5.72. The van der Waals surface area contributed by atoms with Crippen LogP contribution in [0.15, 0.2) is 24.1 Å². The van der Waals surface area contributed by atoms with Crippen LogP contribution in [0.2, 0.25) is 0 Å². The van der Waals surface area contributed by atoms with Gasteiger partial charge in [0.2, 0.25) is 5.88 Å². The molecule has 2 saturated heterocycles. The number of hydrogen-bond acceptors (Lipinski definition) is 9. The van der Waals surface area contributed by atoms with E-state index in [9.17, 15) is 26.3 Å². The summed E-state index contributed by atoms with van der Waals surface area (Å²) in [5.41, 5.74) is 3.01. The van der Waals surface area contributed by atoms with Gasteiger partial charge in [0.25, 0.3) is 0 Å². The van der Waals surface area contributed by atoms with Crippen LogP contribution in [-0.2, 0) is 20.9 Å². The maximum Gasteiger partial charge on any atom is 0.490 e. The Labute approximate surface area is 209 Å². The Hall–Kier alpha value is -3.05. The van der Waals surface area contributed by atoms with Crippen molar-refractivity contribution in [1.82, 2.24) is 19.9 Å².